The zero-order valence-electron chi connectivity index (χ0n) is 30.6. The first-order valence-electron chi connectivity index (χ1n) is 18.8. The number of aryl methyl sites for hydroxylation is 1. The molecule has 0 radical (unpaired) electrons. The number of aromatic nitrogens is 4. The second-order valence-electron chi connectivity index (χ2n) is 14.3. The van der Waals surface area contributed by atoms with E-state index >= 15 is 0 Å². The van der Waals surface area contributed by atoms with Crippen LogP contribution in [0.3, 0.4) is 0 Å². The van der Waals surface area contributed by atoms with Crippen molar-refractivity contribution in [2.45, 2.75) is 69.7 Å². The Hall–Kier alpha value is -5.75. The number of likely N-dealkylation sites (tertiary alicyclic amines) is 2. The van der Waals surface area contributed by atoms with Crippen molar-refractivity contribution < 1.29 is 23.9 Å². The lowest BCUT2D eigenvalue weighted by Gasteiger charge is -2.28. The summed E-state index contributed by atoms with van der Waals surface area (Å²) >= 11 is 0. The van der Waals surface area contributed by atoms with Crippen molar-refractivity contribution in [3.05, 3.63) is 108 Å². The SMILES string of the molecule is COC(=O)N[C@@H](C(=O)N1CCC[C@H]1c1ncc(-c2ccc(-c3ccc(-c4cnc([C@@H]5CCCN5C(=O)[C@H]5CCCO5)[nH]4)cc3C)cc2)[nH]1)c1ccccc1. The highest BCUT2D eigenvalue weighted by Crippen LogP contribution is 2.36. The first-order chi connectivity index (χ1) is 26.4. The maximum absolute atomic E-state index is 13.9. The third-order valence-corrected chi connectivity index (χ3v) is 11.0. The average molecular weight is 728 g/mol. The van der Waals surface area contributed by atoms with E-state index in [-0.39, 0.29) is 30.0 Å². The number of benzene rings is 3. The molecule has 54 heavy (non-hydrogen) atoms. The number of carbonyl (C=O) groups is 3. The van der Waals surface area contributed by atoms with Crippen LogP contribution >= 0.6 is 0 Å². The van der Waals surface area contributed by atoms with Crippen molar-refractivity contribution in [2.24, 2.45) is 0 Å². The highest BCUT2D eigenvalue weighted by Gasteiger charge is 2.38. The Kier molecular flexibility index (Phi) is 10.0. The number of aromatic amines is 2. The summed E-state index contributed by atoms with van der Waals surface area (Å²) in [4.78, 5) is 59.4. The van der Waals surface area contributed by atoms with Crippen molar-refractivity contribution in [2.75, 3.05) is 26.8 Å². The number of H-pyrrole nitrogens is 2. The number of hydrogen-bond donors (Lipinski definition) is 3. The number of imidazole rings is 2. The van der Waals surface area contributed by atoms with E-state index in [9.17, 15) is 14.4 Å². The standard InChI is InChI=1S/C42H45N7O5/c1-26-23-30(33-25-44-38(46-33)34-11-6-20-48(34)40(50)36-13-8-22-54-36)18-19-31(26)27-14-16-28(17-15-27)32-24-43-39(45-32)35-12-7-21-49(35)41(51)37(47-42(52)53-2)29-9-4-3-5-10-29/h3-5,9-10,14-19,23-25,34-37H,6-8,11-13,20-22H2,1-2H3,(H,43,45)(H,44,46)(H,47,52)/t34-,35-,36+,37+/m0/s1. The fraction of sp³-hybridized carbons (Fsp3) is 0.357. The fourth-order valence-electron chi connectivity index (χ4n) is 8.15. The highest BCUT2D eigenvalue weighted by molar-refractivity contribution is 5.87. The summed E-state index contributed by atoms with van der Waals surface area (Å²) in [5.41, 5.74) is 7.88. The number of carbonyl (C=O) groups excluding carboxylic acids is 3. The molecule has 5 heterocycles. The third kappa shape index (κ3) is 7.01. The second-order valence-corrected chi connectivity index (χ2v) is 14.3. The lowest BCUT2D eigenvalue weighted by molar-refractivity contribution is -0.142. The van der Waals surface area contributed by atoms with Crippen molar-refractivity contribution in [3.8, 4) is 33.6 Å². The minimum Gasteiger partial charge on any atom is -0.453 e. The molecule has 3 fully saturated rings. The summed E-state index contributed by atoms with van der Waals surface area (Å²) in [6.45, 7) is 4.07. The Morgan fingerprint density at radius 1 is 0.796 bits per heavy atom. The van der Waals surface area contributed by atoms with Gasteiger partial charge in [0, 0.05) is 19.7 Å². The average Bonchev–Trinajstić information content (AvgIpc) is 4.06. The Morgan fingerprint density at radius 2 is 1.43 bits per heavy atom. The van der Waals surface area contributed by atoms with E-state index in [0.29, 0.717) is 24.5 Å². The highest BCUT2D eigenvalue weighted by atomic mass is 16.5. The van der Waals surface area contributed by atoms with Crippen LogP contribution in [0.5, 0.6) is 0 Å². The number of amides is 3. The maximum Gasteiger partial charge on any atom is 0.407 e. The first kappa shape index (κ1) is 35.3. The van der Waals surface area contributed by atoms with E-state index in [1.165, 1.54) is 7.11 Å². The van der Waals surface area contributed by atoms with Crippen LogP contribution in [0.4, 0.5) is 4.79 Å². The zero-order chi connectivity index (χ0) is 37.2. The van der Waals surface area contributed by atoms with Gasteiger partial charge in [0.15, 0.2) is 0 Å². The molecule has 278 valence electrons. The quantitative estimate of drug-likeness (QED) is 0.148. The minimum absolute atomic E-state index is 0.0535. The van der Waals surface area contributed by atoms with Crippen molar-refractivity contribution in [1.82, 2.24) is 35.1 Å². The van der Waals surface area contributed by atoms with E-state index in [0.717, 1.165) is 90.1 Å². The van der Waals surface area contributed by atoms with Gasteiger partial charge in [0.2, 0.25) is 0 Å². The second kappa shape index (κ2) is 15.3. The molecule has 3 N–H and O–H groups in total. The number of methoxy groups -OCH3 is 1. The molecule has 0 bridgehead atoms. The van der Waals surface area contributed by atoms with Crippen molar-refractivity contribution >= 4 is 17.9 Å². The van der Waals surface area contributed by atoms with Crippen molar-refractivity contribution in [3.63, 3.8) is 0 Å². The van der Waals surface area contributed by atoms with Gasteiger partial charge < -0.3 is 34.6 Å². The molecular formula is C42H45N7O5. The topological polar surface area (TPSA) is 146 Å². The lowest BCUT2D eigenvalue weighted by atomic mass is 9.96. The van der Waals surface area contributed by atoms with Crippen molar-refractivity contribution in [1.29, 1.82) is 0 Å². The largest absolute Gasteiger partial charge is 0.453 e. The maximum atomic E-state index is 13.9. The molecule has 8 rings (SSSR count). The molecule has 3 amide bonds. The molecule has 3 aliphatic rings. The molecule has 5 aromatic rings. The molecule has 0 spiro atoms. The van der Waals surface area contributed by atoms with E-state index in [4.69, 9.17) is 19.4 Å². The molecule has 2 aromatic heterocycles. The van der Waals surface area contributed by atoms with Crippen LogP contribution in [-0.2, 0) is 19.1 Å². The van der Waals surface area contributed by atoms with E-state index < -0.39 is 12.1 Å². The van der Waals surface area contributed by atoms with Crippen LogP contribution < -0.4 is 5.32 Å². The summed E-state index contributed by atoms with van der Waals surface area (Å²) in [5.74, 6) is 1.43. The molecule has 0 aliphatic carbocycles. The summed E-state index contributed by atoms with van der Waals surface area (Å²) < 4.78 is 10.5. The molecule has 3 aromatic carbocycles. The van der Waals surface area contributed by atoms with Gasteiger partial charge in [0.05, 0.1) is 43.0 Å². The third-order valence-electron chi connectivity index (χ3n) is 11.0. The van der Waals surface area contributed by atoms with Gasteiger partial charge >= 0.3 is 6.09 Å². The van der Waals surface area contributed by atoms with Crippen LogP contribution in [0.2, 0.25) is 0 Å². The van der Waals surface area contributed by atoms with Gasteiger partial charge in [0.1, 0.15) is 23.8 Å². The number of nitrogens with zero attached hydrogens (tertiary/aromatic N) is 4. The molecule has 3 aliphatic heterocycles. The van der Waals surface area contributed by atoms with Gasteiger partial charge in [-0.05, 0) is 84.9 Å². The Labute approximate surface area is 314 Å². The van der Waals surface area contributed by atoms with Crippen LogP contribution in [0.25, 0.3) is 33.6 Å². The monoisotopic (exact) mass is 727 g/mol. The number of rotatable bonds is 9. The molecule has 4 atom stereocenters. The van der Waals surface area contributed by atoms with Gasteiger partial charge in [-0.15, -0.1) is 0 Å². The predicted octanol–water partition coefficient (Wildman–Crippen LogP) is 7.05. The van der Waals surface area contributed by atoms with Crippen LogP contribution in [0.1, 0.15) is 79.4 Å². The Balaban J connectivity index is 0.948. The van der Waals surface area contributed by atoms with Gasteiger partial charge in [-0.1, -0.05) is 66.7 Å². The zero-order valence-corrected chi connectivity index (χ0v) is 30.6. The number of nitrogens with one attached hydrogen (secondary N) is 3. The smallest absolute Gasteiger partial charge is 0.407 e. The van der Waals surface area contributed by atoms with Crippen LogP contribution in [0.15, 0.2) is 85.2 Å². The summed E-state index contributed by atoms with van der Waals surface area (Å²) in [6.07, 6.45) is 7.88. The summed E-state index contributed by atoms with van der Waals surface area (Å²) in [6, 6.07) is 22.8. The molecule has 0 saturated carbocycles. The summed E-state index contributed by atoms with van der Waals surface area (Å²) in [5, 5.41) is 2.72. The molecule has 0 unspecified atom stereocenters. The molecule has 12 heteroatoms. The predicted molar refractivity (Wildman–Crippen MR) is 203 cm³/mol. The van der Waals surface area contributed by atoms with E-state index in [1.807, 2.05) is 47.6 Å². The molecule has 12 nitrogen and oxygen atoms in total. The molecular weight excluding hydrogens is 683 g/mol. The lowest BCUT2D eigenvalue weighted by Crippen LogP contribution is -2.42. The number of ether oxygens (including phenoxy) is 2. The van der Waals surface area contributed by atoms with Gasteiger partial charge in [-0.25, -0.2) is 14.8 Å². The number of hydrogen-bond acceptors (Lipinski definition) is 7. The first-order valence-corrected chi connectivity index (χ1v) is 18.8. The summed E-state index contributed by atoms with van der Waals surface area (Å²) in [7, 11) is 1.29. The Morgan fingerprint density at radius 3 is 2.07 bits per heavy atom. The minimum atomic E-state index is -0.868. The Bertz CT molecular complexity index is 2120. The van der Waals surface area contributed by atoms with E-state index in [2.05, 4.69) is 64.7 Å². The van der Waals surface area contributed by atoms with Gasteiger partial charge in [0.25, 0.3) is 11.8 Å². The van der Waals surface area contributed by atoms with Crippen LogP contribution in [-0.4, -0.2) is 80.6 Å². The van der Waals surface area contributed by atoms with E-state index in [1.54, 1.807) is 4.90 Å². The fourth-order valence-corrected chi connectivity index (χ4v) is 8.15. The van der Waals surface area contributed by atoms with Crippen LogP contribution in [0, 0.1) is 6.92 Å². The molecule has 3 saturated heterocycles. The van der Waals surface area contributed by atoms with Gasteiger partial charge in [-0.3, -0.25) is 9.59 Å². The van der Waals surface area contributed by atoms with Gasteiger partial charge in [-0.2, -0.15) is 0 Å². The normalized spacial score (nSPS) is 20.3. The number of alkyl carbamates (subject to hydrolysis) is 1.